The van der Waals surface area contributed by atoms with Crippen LogP contribution in [0.15, 0.2) is 42.0 Å². The summed E-state index contributed by atoms with van der Waals surface area (Å²) in [6.07, 6.45) is 11.5. The molecule has 2 aliphatic rings. The van der Waals surface area contributed by atoms with Crippen molar-refractivity contribution in [1.82, 2.24) is 0 Å². The monoisotopic (exact) mass is 370 g/mol. The Labute approximate surface area is 164 Å². The van der Waals surface area contributed by atoms with Gasteiger partial charge in [0.05, 0.1) is 12.7 Å². The Morgan fingerprint density at radius 3 is 2.67 bits per heavy atom. The number of benzene rings is 1. The van der Waals surface area contributed by atoms with Gasteiger partial charge in [0.1, 0.15) is 0 Å². The van der Waals surface area contributed by atoms with Crippen molar-refractivity contribution in [1.29, 1.82) is 0 Å². The van der Waals surface area contributed by atoms with Gasteiger partial charge >= 0.3 is 0 Å². The van der Waals surface area contributed by atoms with Gasteiger partial charge < -0.3 is 9.47 Å². The summed E-state index contributed by atoms with van der Waals surface area (Å²) < 4.78 is 12.0. The molecule has 1 aliphatic carbocycles. The molecule has 3 rings (SSSR count). The second kappa shape index (κ2) is 10.2. The zero-order valence-corrected chi connectivity index (χ0v) is 16.9. The van der Waals surface area contributed by atoms with E-state index in [0.717, 1.165) is 24.3 Å². The fraction of sp³-hybridized carbons (Fsp3) is 0.625. The molecule has 0 N–H and O–H groups in total. The van der Waals surface area contributed by atoms with Crippen molar-refractivity contribution in [2.24, 2.45) is 11.8 Å². The fourth-order valence-electron chi connectivity index (χ4n) is 4.36. The number of ketones is 1. The van der Waals surface area contributed by atoms with Gasteiger partial charge in [-0.05, 0) is 38.5 Å². The lowest BCUT2D eigenvalue weighted by molar-refractivity contribution is -0.0922. The zero-order chi connectivity index (χ0) is 19.1. The van der Waals surface area contributed by atoms with Gasteiger partial charge in [0.2, 0.25) is 0 Å². The number of rotatable bonds is 8. The summed E-state index contributed by atoms with van der Waals surface area (Å²) in [7, 11) is 0. The van der Waals surface area contributed by atoms with E-state index in [-0.39, 0.29) is 18.2 Å². The van der Waals surface area contributed by atoms with Crippen molar-refractivity contribution < 1.29 is 14.3 Å². The minimum Gasteiger partial charge on any atom is -0.350 e. The van der Waals surface area contributed by atoms with Gasteiger partial charge in [-0.3, -0.25) is 4.79 Å². The highest BCUT2D eigenvalue weighted by Crippen LogP contribution is 2.29. The van der Waals surface area contributed by atoms with Gasteiger partial charge in [-0.1, -0.05) is 68.2 Å². The molecule has 0 spiro atoms. The van der Waals surface area contributed by atoms with Crippen LogP contribution in [0, 0.1) is 11.8 Å². The average molecular weight is 371 g/mol. The molecule has 0 amide bonds. The number of carbonyl (C=O) groups is 1. The highest BCUT2D eigenvalue weighted by molar-refractivity contribution is 5.95. The van der Waals surface area contributed by atoms with Crippen LogP contribution >= 0.6 is 0 Å². The first-order valence-electron chi connectivity index (χ1n) is 10.6. The number of hydrogen-bond donors (Lipinski definition) is 0. The third-order valence-corrected chi connectivity index (χ3v) is 5.84. The number of allylic oxidation sites excluding steroid dienone is 2. The van der Waals surface area contributed by atoms with E-state index in [1.54, 1.807) is 0 Å². The zero-order valence-electron chi connectivity index (χ0n) is 16.9. The number of ether oxygens (including phenoxy) is 2. The Bertz CT molecular complexity index is 616. The van der Waals surface area contributed by atoms with E-state index in [4.69, 9.17) is 9.47 Å². The molecule has 0 bridgehead atoms. The first-order chi connectivity index (χ1) is 13.1. The van der Waals surface area contributed by atoms with E-state index in [1.165, 1.54) is 37.7 Å². The van der Waals surface area contributed by atoms with Crippen molar-refractivity contribution >= 4 is 5.78 Å². The number of Topliss-reactive ketones (excluding diaryl/α,β-unsaturated/α-hetero) is 1. The molecule has 2 fully saturated rings. The summed E-state index contributed by atoms with van der Waals surface area (Å²) in [5.74, 6) is 1.30. The molecular formula is C24H34O3. The lowest BCUT2D eigenvalue weighted by Gasteiger charge is -2.22. The van der Waals surface area contributed by atoms with Gasteiger partial charge in [0.15, 0.2) is 12.1 Å². The lowest BCUT2D eigenvalue weighted by Crippen LogP contribution is -2.21. The van der Waals surface area contributed by atoms with Crippen molar-refractivity contribution in [2.45, 2.75) is 77.6 Å². The van der Waals surface area contributed by atoms with E-state index in [0.29, 0.717) is 18.9 Å². The maximum atomic E-state index is 12.2. The van der Waals surface area contributed by atoms with E-state index < -0.39 is 0 Å². The van der Waals surface area contributed by atoms with Gasteiger partial charge in [0.25, 0.3) is 0 Å². The second-order valence-electron chi connectivity index (χ2n) is 8.38. The SMILES string of the molecule is C/C(=C\C1CCCCC1)CC(C)C1OCC(CCC(=O)c2ccccc2)O1. The summed E-state index contributed by atoms with van der Waals surface area (Å²) >= 11 is 0. The summed E-state index contributed by atoms with van der Waals surface area (Å²) in [6.45, 7) is 5.05. The smallest absolute Gasteiger partial charge is 0.162 e. The third-order valence-electron chi connectivity index (χ3n) is 5.84. The molecule has 1 aromatic carbocycles. The molecule has 1 saturated heterocycles. The maximum absolute atomic E-state index is 12.2. The van der Waals surface area contributed by atoms with Gasteiger partial charge in [-0.2, -0.15) is 0 Å². The molecule has 0 aromatic heterocycles. The molecule has 27 heavy (non-hydrogen) atoms. The van der Waals surface area contributed by atoms with Crippen LogP contribution in [-0.2, 0) is 9.47 Å². The molecule has 3 unspecified atom stereocenters. The van der Waals surface area contributed by atoms with E-state index in [2.05, 4.69) is 19.9 Å². The van der Waals surface area contributed by atoms with Crippen LogP contribution in [0.1, 0.15) is 75.6 Å². The Hall–Kier alpha value is -1.45. The molecule has 148 valence electrons. The van der Waals surface area contributed by atoms with E-state index in [9.17, 15) is 4.79 Å². The maximum Gasteiger partial charge on any atom is 0.162 e. The molecule has 0 radical (unpaired) electrons. The third kappa shape index (κ3) is 6.29. The second-order valence-corrected chi connectivity index (χ2v) is 8.38. The predicted octanol–water partition coefficient (Wildman–Crippen LogP) is 5.94. The summed E-state index contributed by atoms with van der Waals surface area (Å²) in [4.78, 5) is 12.2. The molecule has 1 saturated carbocycles. The Balaban J connectivity index is 1.40. The van der Waals surface area contributed by atoms with Crippen molar-refractivity contribution in [3.63, 3.8) is 0 Å². The standard InChI is InChI=1S/C24H34O3/c1-18(16-20-9-5-3-6-10-20)15-19(2)24-26-17-22(27-24)13-14-23(25)21-11-7-4-8-12-21/h4,7-8,11-12,16,19-20,22,24H,3,5-6,9-10,13-15,17H2,1-2H3/b18-16+. The van der Waals surface area contributed by atoms with Crippen LogP contribution in [-0.4, -0.2) is 24.8 Å². The van der Waals surface area contributed by atoms with Crippen molar-refractivity contribution in [3.8, 4) is 0 Å². The van der Waals surface area contributed by atoms with Gasteiger partial charge in [-0.15, -0.1) is 0 Å². The van der Waals surface area contributed by atoms with E-state index in [1.807, 2.05) is 30.3 Å². The Kier molecular flexibility index (Phi) is 7.66. The lowest BCUT2D eigenvalue weighted by atomic mass is 9.87. The predicted molar refractivity (Wildman–Crippen MR) is 109 cm³/mol. The number of carbonyl (C=O) groups excluding carboxylic acids is 1. The minimum atomic E-state index is -0.142. The van der Waals surface area contributed by atoms with Crippen LogP contribution in [0.3, 0.4) is 0 Å². The van der Waals surface area contributed by atoms with Gasteiger partial charge in [-0.25, -0.2) is 0 Å². The molecular weight excluding hydrogens is 336 g/mol. The molecule has 3 atom stereocenters. The fourth-order valence-corrected chi connectivity index (χ4v) is 4.36. The Morgan fingerprint density at radius 2 is 1.93 bits per heavy atom. The van der Waals surface area contributed by atoms with Crippen LogP contribution in [0.2, 0.25) is 0 Å². The summed E-state index contributed by atoms with van der Waals surface area (Å²) in [5.41, 5.74) is 2.24. The Morgan fingerprint density at radius 1 is 1.19 bits per heavy atom. The topological polar surface area (TPSA) is 35.5 Å². The highest BCUT2D eigenvalue weighted by Gasteiger charge is 2.30. The van der Waals surface area contributed by atoms with Crippen LogP contribution < -0.4 is 0 Å². The average Bonchev–Trinajstić information content (AvgIpc) is 3.17. The summed E-state index contributed by atoms with van der Waals surface area (Å²) in [6, 6.07) is 9.50. The first-order valence-corrected chi connectivity index (χ1v) is 10.6. The summed E-state index contributed by atoms with van der Waals surface area (Å²) in [5, 5.41) is 0. The molecule has 3 heteroatoms. The highest BCUT2D eigenvalue weighted by atomic mass is 16.7. The van der Waals surface area contributed by atoms with E-state index >= 15 is 0 Å². The normalized spacial score (nSPS) is 25.5. The van der Waals surface area contributed by atoms with Crippen LogP contribution in [0.4, 0.5) is 0 Å². The quantitative estimate of drug-likeness (QED) is 0.419. The molecule has 3 nitrogen and oxygen atoms in total. The molecule has 1 heterocycles. The minimum absolute atomic E-state index is 0.0349. The van der Waals surface area contributed by atoms with Crippen molar-refractivity contribution in [3.05, 3.63) is 47.5 Å². The van der Waals surface area contributed by atoms with Crippen molar-refractivity contribution in [2.75, 3.05) is 6.61 Å². The molecule has 1 aliphatic heterocycles. The van der Waals surface area contributed by atoms with Gasteiger partial charge in [0, 0.05) is 17.9 Å². The molecule has 1 aromatic rings. The van der Waals surface area contributed by atoms with Crippen LogP contribution in [0.25, 0.3) is 0 Å². The van der Waals surface area contributed by atoms with Crippen LogP contribution in [0.5, 0.6) is 0 Å². The first kappa shape index (κ1) is 20.3. The largest absolute Gasteiger partial charge is 0.350 e. The number of hydrogen-bond acceptors (Lipinski definition) is 3.